The Morgan fingerprint density at radius 1 is 1.24 bits per heavy atom. The lowest BCUT2D eigenvalue weighted by molar-refractivity contribution is -0.123. The van der Waals surface area contributed by atoms with E-state index in [4.69, 9.17) is 19.7 Å². The van der Waals surface area contributed by atoms with Gasteiger partial charge < -0.3 is 19.7 Å². The summed E-state index contributed by atoms with van der Waals surface area (Å²) in [5, 5.41) is 11.9. The predicted octanol–water partition coefficient (Wildman–Crippen LogP) is 3.35. The van der Waals surface area contributed by atoms with Gasteiger partial charge in [-0.3, -0.25) is 4.79 Å². The molecule has 0 radical (unpaired) electrons. The van der Waals surface area contributed by atoms with Crippen LogP contribution in [0.5, 0.6) is 0 Å². The molecule has 0 spiro atoms. The molecule has 0 aliphatic carbocycles. The van der Waals surface area contributed by atoms with Crippen LogP contribution in [0.3, 0.4) is 0 Å². The highest BCUT2D eigenvalue weighted by Crippen LogP contribution is 2.33. The molecular formula is C22H28N4O3. The smallest absolute Gasteiger partial charge is 0.265 e. The first kappa shape index (κ1) is 19.7. The Morgan fingerprint density at radius 3 is 2.69 bits per heavy atom. The van der Waals surface area contributed by atoms with Gasteiger partial charge in [-0.05, 0) is 49.8 Å². The minimum atomic E-state index is -0.658. The number of rotatable bonds is 4. The van der Waals surface area contributed by atoms with E-state index in [2.05, 4.69) is 17.1 Å². The molecule has 7 nitrogen and oxygen atoms in total. The molecule has 1 atom stereocenters. The molecular weight excluding hydrogens is 368 g/mol. The van der Waals surface area contributed by atoms with Gasteiger partial charge in [-0.25, -0.2) is 4.98 Å². The molecule has 3 aliphatic heterocycles. The molecule has 1 aromatic rings. The fraction of sp³-hybridized carbons (Fsp3) is 0.591. The van der Waals surface area contributed by atoms with Crippen molar-refractivity contribution in [2.75, 3.05) is 36.5 Å². The lowest BCUT2D eigenvalue weighted by Gasteiger charge is -2.33. The summed E-state index contributed by atoms with van der Waals surface area (Å²) >= 11 is 0. The zero-order valence-electron chi connectivity index (χ0n) is 16.9. The van der Waals surface area contributed by atoms with Gasteiger partial charge in [0, 0.05) is 44.3 Å². The molecule has 2 fully saturated rings. The van der Waals surface area contributed by atoms with E-state index in [1.807, 2.05) is 18.2 Å². The van der Waals surface area contributed by atoms with Gasteiger partial charge >= 0.3 is 0 Å². The van der Waals surface area contributed by atoms with Crippen LogP contribution >= 0.6 is 0 Å². The monoisotopic (exact) mass is 396 g/mol. The molecule has 3 aliphatic rings. The lowest BCUT2D eigenvalue weighted by atomic mass is 9.95. The molecule has 4 heterocycles. The van der Waals surface area contributed by atoms with E-state index in [9.17, 15) is 4.79 Å². The van der Waals surface area contributed by atoms with Crippen LogP contribution in [0.15, 0.2) is 24.0 Å². The zero-order chi connectivity index (χ0) is 20.2. The number of nitriles is 1. The van der Waals surface area contributed by atoms with Gasteiger partial charge in [0.15, 0.2) is 17.7 Å². The maximum absolute atomic E-state index is 12.7. The fourth-order valence-electron chi connectivity index (χ4n) is 4.15. The summed E-state index contributed by atoms with van der Waals surface area (Å²) in [6.07, 6.45) is 5.62. The third-order valence-electron chi connectivity index (χ3n) is 6.07. The second-order valence-electron chi connectivity index (χ2n) is 8.18. The van der Waals surface area contributed by atoms with E-state index in [-0.39, 0.29) is 11.7 Å². The van der Waals surface area contributed by atoms with E-state index < -0.39 is 6.10 Å². The maximum atomic E-state index is 12.7. The third-order valence-corrected chi connectivity index (χ3v) is 6.07. The highest BCUT2D eigenvalue weighted by molar-refractivity contribution is 5.97. The Bertz CT molecular complexity index is 818. The molecule has 2 saturated heterocycles. The standard InChI is InChI=1S/C22H28N4O3/c1-15-6-10-26(11-7-15)21-19(25-22(27)20-5-2-17(14-23)29-20)4-3-18(24-21)16-8-12-28-13-9-16/h2-4,15-16,20H,5-13H2,1H3,(H,25,27). The van der Waals surface area contributed by atoms with E-state index in [0.29, 0.717) is 18.3 Å². The third kappa shape index (κ3) is 4.54. The van der Waals surface area contributed by atoms with Crippen LogP contribution in [-0.2, 0) is 14.3 Å². The number of hydrogen-bond donors (Lipinski definition) is 1. The molecule has 1 amide bonds. The Kier molecular flexibility index (Phi) is 6.00. The van der Waals surface area contributed by atoms with Crippen LogP contribution in [0.25, 0.3) is 0 Å². The van der Waals surface area contributed by atoms with Crippen molar-refractivity contribution in [2.24, 2.45) is 5.92 Å². The lowest BCUT2D eigenvalue weighted by Crippen LogP contribution is -2.35. The van der Waals surface area contributed by atoms with Crippen LogP contribution in [0.2, 0.25) is 0 Å². The number of ether oxygens (including phenoxy) is 2. The molecule has 29 heavy (non-hydrogen) atoms. The number of allylic oxidation sites excluding steroid dienone is 1. The number of nitrogens with zero attached hydrogens (tertiary/aromatic N) is 3. The number of pyridine rings is 1. The normalized spacial score (nSPS) is 23.2. The fourth-order valence-corrected chi connectivity index (χ4v) is 4.15. The summed E-state index contributed by atoms with van der Waals surface area (Å²) in [6.45, 7) is 5.70. The SMILES string of the molecule is CC1CCN(c2nc(C3CCOCC3)ccc2NC(=O)C2CC=C(C#N)O2)CC1. The highest BCUT2D eigenvalue weighted by atomic mass is 16.5. The Balaban J connectivity index is 1.55. The van der Waals surface area contributed by atoms with Crippen molar-refractivity contribution in [3.05, 3.63) is 29.7 Å². The number of anilines is 2. The van der Waals surface area contributed by atoms with Crippen LogP contribution in [-0.4, -0.2) is 43.3 Å². The summed E-state index contributed by atoms with van der Waals surface area (Å²) in [5.74, 6) is 1.93. The maximum Gasteiger partial charge on any atom is 0.265 e. The number of carbonyl (C=O) groups excluding carboxylic acids is 1. The van der Waals surface area contributed by atoms with Gasteiger partial charge in [-0.15, -0.1) is 0 Å². The second kappa shape index (κ2) is 8.83. The molecule has 1 N–H and O–H groups in total. The number of carbonyl (C=O) groups is 1. The first-order valence-corrected chi connectivity index (χ1v) is 10.6. The Hall–Kier alpha value is -2.59. The van der Waals surface area contributed by atoms with E-state index >= 15 is 0 Å². The summed E-state index contributed by atoms with van der Waals surface area (Å²) in [5.41, 5.74) is 1.79. The summed E-state index contributed by atoms with van der Waals surface area (Å²) < 4.78 is 10.9. The van der Waals surface area contributed by atoms with Crippen molar-refractivity contribution in [1.29, 1.82) is 5.26 Å². The summed E-state index contributed by atoms with van der Waals surface area (Å²) in [4.78, 5) is 20.0. The van der Waals surface area contributed by atoms with E-state index in [1.54, 1.807) is 6.08 Å². The Morgan fingerprint density at radius 2 is 2.00 bits per heavy atom. The largest absolute Gasteiger partial charge is 0.470 e. The molecule has 0 aromatic carbocycles. The molecule has 0 saturated carbocycles. The second-order valence-corrected chi connectivity index (χ2v) is 8.18. The van der Waals surface area contributed by atoms with Crippen molar-refractivity contribution in [2.45, 2.75) is 51.0 Å². The molecule has 1 unspecified atom stereocenters. The number of aromatic nitrogens is 1. The minimum Gasteiger partial charge on any atom is -0.470 e. The highest BCUT2D eigenvalue weighted by Gasteiger charge is 2.28. The zero-order valence-corrected chi connectivity index (χ0v) is 16.9. The average molecular weight is 396 g/mol. The van der Waals surface area contributed by atoms with Crippen molar-refractivity contribution in [3.63, 3.8) is 0 Å². The van der Waals surface area contributed by atoms with Gasteiger partial charge in [0.1, 0.15) is 6.07 Å². The van der Waals surface area contributed by atoms with Gasteiger partial charge in [0.2, 0.25) is 0 Å². The molecule has 154 valence electrons. The van der Waals surface area contributed by atoms with Gasteiger partial charge in [-0.2, -0.15) is 5.26 Å². The van der Waals surface area contributed by atoms with Crippen LogP contribution in [0.1, 0.15) is 50.6 Å². The van der Waals surface area contributed by atoms with E-state index in [1.165, 1.54) is 0 Å². The van der Waals surface area contributed by atoms with Crippen LogP contribution < -0.4 is 10.2 Å². The van der Waals surface area contributed by atoms with Crippen molar-refractivity contribution >= 4 is 17.4 Å². The minimum absolute atomic E-state index is 0.211. The molecule has 1 aromatic heterocycles. The molecule has 4 rings (SSSR count). The van der Waals surface area contributed by atoms with Crippen molar-refractivity contribution in [1.82, 2.24) is 4.98 Å². The Labute approximate surface area is 171 Å². The van der Waals surface area contributed by atoms with Crippen molar-refractivity contribution < 1.29 is 14.3 Å². The average Bonchev–Trinajstić information content (AvgIpc) is 3.25. The number of hydrogen-bond acceptors (Lipinski definition) is 6. The van der Waals surface area contributed by atoms with Crippen molar-refractivity contribution in [3.8, 4) is 6.07 Å². The quantitative estimate of drug-likeness (QED) is 0.840. The number of amides is 1. The van der Waals surface area contributed by atoms with E-state index in [0.717, 1.165) is 69.2 Å². The molecule has 0 bridgehead atoms. The summed E-state index contributed by atoms with van der Waals surface area (Å²) in [6, 6.07) is 5.94. The van der Waals surface area contributed by atoms with Gasteiger partial charge in [0.25, 0.3) is 5.91 Å². The van der Waals surface area contributed by atoms with Crippen LogP contribution in [0, 0.1) is 17.2 Å². The summed E-state index contributed by atoms with van der Waals surface area (Å²) in [7, 11) is 0. The van der Waals surface area contributed by atoms with Gasteiger partial charge in [0.05, 0.1) is 5.69 Å². The topological polar surface area (TPSA) is 87.5 Å². The molecule has 7 heteroatoms. The number of piperidine rings is 1. The van der Waals surface area contributed by atoms with Gasteiger partial charge in [-0.1, -0.05) is 6.92 Å². The predicted molar refractivity (Wildman–Crippen MR) is 109 cm³/mol. The first-order valence-electron chi connectivity index (χ1n) is 10.6. The first-order chi connectivity index (χ1) is 14.1. The number of nitrogens with one attached hydrogen (secondary N) is 1. The van der Waals surface area contributed by atoms with Crippen LogP contribution in [0.4, 0.5) is 11.5 Å².